The molecule has 3 N–H and O–H groups in total. The lowest BCUT2D eigenvalue weighted by Gasteiger charge is -2.33. The van der Waals surface area contributed by atoms with Crippen LogP contribution in [0, 0.1) is 6.92 Å². The predicted octanol–water partition coefficient (Wildman–Crippen LogP) is 1.11. The summed E-state index contributed by atoms with van der Waals surface area (Å²) in [6.45, 7) is 3.12. The average Bonchev–Trinajstić information content (AvgIpc) is 3.07. The van der Waals surface area contributed by atoms with Crippen molar-refractivity contribution in [3.63, 3.8) is 0 Å². The number of nitrogens with zero attached hydrogens (tertiary/aromatic N) is 1. The summed E-state index contributed by atoms with van der Waals surface area (Å²) in [5, 5.41) is 2.87. The number of hydrogen-bond acceptors (Lipinski definition) is 4. The molecule has 1 unspecified atom stereocenters. The van der Waals surface area contributed by atoms with Gasteiger partial charge in [0.05, 0.1) is 6.10 Å². The van der Waals surface area contributed by atoms with Gasteiger partial charge in [-0.3, -0.25) is 9.59 Å². The van der Waals surface area contributed by atoms with E-state index in [-0.39, 0.29) is 17.9 Å². The first-order valence-electron chi connectivity index (χ1n) is 8.62. The van der Waals surface area contributed by atoms with Gasteiger partial charge in [-0.25, -0.2) is 0 Å². The average molecular weight is 331 g/mol. The number of nitrogens with one attached hydrogen (secondary N) is 1. The number of nitrogens with two attached hydrogens (primary N) is 1. The highest BCUT2D eigenvalue weighted by atomic mass is 16.5. The monoisotopic (exact) mass is 331 g/mol. The first kappa shape index (κ1) is 16.9. The van der Waals surface area contributed by atoms with E-state index in [0.29, 0.717) is 25.9 Å². The summed E-state index contributed by atoms with van der Waals surface area (Å²) in [5.74, 6) is -0.248. The van der Waals surface area contributed by atoms with E-state index in [9.17, 15) is 9.59 Å². The molecule has 0 aliphatic carbocycles. The quantitative estimate of drug-likeness (QED) is 0.866. The zero-order valence-corrected chi connectivity index (χ0v) is 14.0. The standard InChI is InChI=1S/C18H25N3O3/c1-12-4-6-13(7-5-12)21-10-2-3-15(18(21)23)20-17(22)16-9-8-14(11-19)24-16/h4-7,14-16H,2-3,8-11,19H2,1H3,(H,20,22)/t14-,15?,16+/m1/s1. The summed E-state index contributed by atoms with van der Waals surface area (Å²) in [6.07, 6.45) is 2.45. The molecule has 2 heterocycles. The molecule has 130 valence electrons. The van der Waals surface area contributed by atoms with Crippen LogP contribution in [0.5, 0.6) is 0 Å². The van der Waals surface area contributed by atoms with Crippen LogP contribution >= 0.6 is 0 Å². The maximum Gasteiger partial charge on any atom is 0.249 e. The van der Waals surface area contributed by atoms with Gasteiger partial charge >= 0.3 is 0 Å². The molecule has 0 bridgehead atoms. The maximum atomic E-state index is 12.7. The number of rotatable bonds is 4. The van der Waals surface area contributed by atoms with Gasteiger partial charge in [0.2, 0.25) is 11.8 Å². The molecular weight excluding hydrogens is 306 g/mol. The fourth-order valence-electron chi connectivity index (χ4n) is 3.33. The van der Waals surface area contributed by atoms with E-state index in [4.69, 9.17) is 10.5 Å². The van der Waals surface area contributed by atoms with Crippen LogP contribution in [0.25, 0.3) is 0 Å². The second-order valence-electron chi connectivity index (χ2n) is 6.59. The third kappa shape index (κ3) is 3.60. The summed E-state index contributed by atoms with van der Waals surface area (Å²) in [4.78, 5) is 26.8. The van der Waals surface area contributed by atoms with E-state index < -0.39 is 12.1 Å². The fourth-order valence-corrected chi connectivity index (χ4v) is 3.33. The molecule has 2 aliphatic heterocycles. The van der Waals surface area contributed by atoms with Crippen molar-refractivity contribution in [2.75, 3.05) is 18.0 Å². The van der Waals surface area contributed by atoms with Gasteiger partial charge in [-0.05, 0) is 44.7 Å². The van der Waals surface area contributed by atoms with Gasteiger partial charge in [0.15, 0.2) is 0 Å². The van der Waals surface area contributed by atoms with Gasteiger partial charge in [0.25, 0.3) is 0 Å². The smallest absolute Gasteiger partial charge is 0.249 e. The number of aryl methyl sites for hydroxylation is 1. The molecule has 2 amide bonds. The molecule has 1 aromatic carbocycles. The minimum absolute atomic E-state index is 0.0492. The van der Waals surface area contributed by atoms with Crippen LogP contribution in [-0.2, 0) is 14.3 Å². The second kappa shape index (κ2) is 7.32. The molecule has 2 fully saturated rings. The predicted molar refractivity (Wildman–Crippen MR) is 91.6 cm³/mol. The number of amides is 2. The molecule has 1 aromatic rings. The Morgan fingerprint density at radius 2 is 2.04 bits per heavy atom. The molecule has 6 heteroatoms. The number of carbonyl (C=O) groups is 2. The summed E-state index contributed by atoms with van der Waals surface area (Å²) in [7, 11) is 0. The summed E-state index contributed by atoms with van der Waals surface area (Å²) in [6, 6.07) is 7.40. The topological polar surface area (TPSA) is 84.7 Å². The molecule has 24 heavy (non-hydrogen) atoms. The van der Waals surface area contributed by atoms with Gasteiger partial charge in [0, 0.05) is 18.8 Å². The molecular formula is C18H25N3O3. The molecule has 0 spiro atoms. The van der Waals surface area contributed by atoms with Crippen molar-refractivity contribution < 1.29 is 14.3 Å². The highest BCUT2D eigenvalue weighted by Gasteiger charge is 2.35. The maximum absolute atomic E-state index is 12.7. The Balaban J connectivity index is 1.63. The number of hydrogen-bond donors (Lipinski definition) is 2. The van der Waals surface area contributed by atoms with Gasteiger partial charge in [-0.15, -0.1) is 0 Å². The Hall–Kier alpha value is -1.92. The number of piperidine rings is 1. The molecule has 0 radical (unpaired) electrons. The largest absolute Gasteiger partial charge is 0.364 e. The van der Waals surface area contributed by atoms with Crippen molar-refractivity contribution in [1.82, 2.24) is 5.32 Å². The molecule has 6 nitrogen and oxygen atoms in total. The second-order valence-corrected chi connectivity index (χ2v) is 6.59. The van der Waals surface area contributed by atoms with Crippen molar-refractivity contribution in [3.05, 3.63) is 29.8 Å². The fraction of sp³-hybridized carbons (Fsp3) is 0.556. The highest BCUT2D eigenvalue weighted by molar-refractivity contribution is 6.00. The van der Waals surface area contributed by atoms with E-state index in [1.165, 1.54) is 0 Å². The van der Waals surface area contributed by atoms with Crippen molar-refractivity contribution in [2.24, 2.45) is 5.73 Å². The molecule has 0 aromatic heterocycles. The lowest BCUT2D eigenvalue weighted by molar-refractivity contribution is -0.135. The van der Waals surface area contributed by atoms with Gasteiger partial charge < -0.3 is 20.7 Å². The Bertz CT molecular complexity index is 602. The van der Waals surface area contributed by atoms with Crippen molar-refractivity contribution in [3.8, 4) is 0 Å². The number of carbonyl (C=O) groups excluding carboxylic acids is 2. The van der Waals surface area contributed by atoms with Crippen LogP contribution in [0.15, 0.2) is 24.3 Å². The first-order valence-corrected chi connectivity index (χ1v) is 8.62. The highest BCUT2D eigenvalue weighted by Crippen LogP contribution is 2.23. The van der Waals surface area contributed by atoms with Crippen molar-refractivity contribution >= 4 is 17.5 Å². The Labute approximate surface area is 142 Å². The Kier molecular flexibility index (Phi) is 5.16. The van der Waals surface area contributed by atoms with Crippen molar-refractivity contribution in [2.45, 2.75) is 50.9 Å². The zero-order valence-electron chi connectivity index (χ0n) is 14.0. The zero-order chi connectivity index (χ0) is 17.1. The lowest BCUT2D eigenvalue weighted by atomic mass is 10.0. The van der Waals surface area contributed by atoms with Crippen LogP contribution in [0.1, 0.15) is 31.2 Å². The van der Waals surface area contributed by atoms with Gasteiger partial charge in [0.1, 0.15) is 12.1 Å². The molecule has 2 aliphatic rings. The number of benzene rings is 1. The molecule has 0 saturated carbocycles. The Morgan fingerprint density at radius 3 is 2.71 bits per heavy atom. The summed E-state index contributed by atoms with van der Waals surface area (Å²) >= 11 is 0. The SMILES string of the molecule is Cc1ccc(N2CCCC(NC(=O)[C@@H]3CC[C@H](CN)O3)C2=O)cc1. The van der Waals surface area contributed by atoms with Crippen molar-refractivity contribution in [1.29, 1.82) is 0 Å². The summed E-state index contributed by atoms with van der Waals surface area (Å²) < 4.78 is 5.61. The first-order chi connectivity index (χ1) is 11.6. The van der Waals surface area contributed by atoms with E-state index in [0.717, 1.165) is 24.1 Å². The van der Waals surface area contributed by atoms with Crippen LogP contribution in [0.2, 0.25) is 0 Å². The minimum Gasteiger partial charge on any atom is -0.364 e. The van der Waals surface area contributed by atoms with Gasteiger partial charge in [-0.2, -0.15) is 0 Å². The third-order valence-corrected chi connectivity index (χ3v) is 4.76. The number of anilines is 1. The van der Waals surface area contributed by atoms with E-state index in [2.05, 4.69) is 5.32 Å². The summed E-state index contributed by atoms with van der Waals surface area (Å²) in [5.41, 5.74) is 7.61. The molecule has 2 saturated heterocycles. The normalized spacial score (nSPS) is 27.3. The molecule has 3 rings (SSSR count). The van der Waals surface area contributed by atoms with Crippen LogP contribution < -0.4 is 16.0 Å². The van der Waals surface area contributed by atoms with Crippen LogP contribution in [0.4, 0.5) is 5.69 Å². The van der Waals surface area contributed by atoms with E-state index >= 15 is 0 Å². The van der Waals surface area contributed by atoms with E-state index in [1.54, 1.807) is 4.90 Å². The molecule has 3 atom stereocenters. The van der Waals surface area contributed by atoms with Crippen LogP contribution in [0.3, 0.4) is 0 Å². The van der Waals surface area contributed by atoms with Gasteiger partial charge in [-0.1, -0.05) is 17.7 Å². The minimum atomic E-state index is -0.485. The lowest BCUT2D eigenvalue weighted by Crippen LogP contribution is -2.54. The number of ether oxygens (including phenoxy) is 1. The Morgan fingerprint density at radius 1 is 1.29 bits per heavy atom. The van der Waals surface area contributed by atoms with Crippen LogP contribution in [-0.4, -0.2) is 43.2 Å². The third-order valence-electron chi connectivity index (χ3n) is 4.76. The van der Waals surface area contributed by atoms with E-state index in [1.807, 2.05) is 31.2 Å².